The molecule has 2 aromatic carbocycles. The first-order valence-corrected chi connectivity index (χ1v) is 11.7. The lowest BCUT2D eigenvalue weighted by Crippen LogP contribution is -2.26. The summed E-state index contributed by atoms with van der Waals surface area (Å²) in [6.45, 7) is 3.79. The smallest absolute Gasteiger partial charge is 0.250 e. The van der Waals surface area contributed by atoms with Crippen molar-refractivity contribution < 1.29 is 13.2 Å². The van der Waals surface area contributed by atoms with Gasteiger partial charge in [0.05, 0.1) is 0 Å². The third kappa shape index (κ3) is 5.76. The Bertz CT molecular complexity index is 1060. The summed E-state index contributed by atoms with van der Waals surface area (Å²) >= 11 is 1.23. The summed E-state index contributed by atoms with van der Waals surface area (Å²) in [5.74, 6) is -0.0943. The van der Waals surface area contributed by atoms with Crippen molar-refractivity contribution in [3.63, 3.8) is 0 Å². The van der Waals surface area contributed by atoms with E-state index in [0.717, 1.165) is 21.6 Å². The Balaban J connectivity index is 1.65. The van der Waals surface area contributed by atoms with Gasteiger partial charge in [-0.15, -0.1) is 11.3 Å². The lowest BCUT2D eigenvalue weighted by molar-refractivity contribution is -0.118. The molecule has 1 heterocycles. The molecule has 0 saturated heterocycles. The van der Waals surface area contributed by atoms with E-state index in [1.807, 2.05) is 61.5 Å². The summed E-state index contributed by atoms with van der Waals surface area (Å²) in [7, 11) is -3.61. The van der Waals surface area contributed by atoms with E-state index < -0.39 is 10.0 Å². The zero-order valence-corrected chi connectivity index (χ0v) is 18.0. The van der Waals surface area contributed by atoms with Gasteiger partial charge < -0.3 is 5.32 Å². The van der Waals surface area contributed by atoms with Crippen LogP contribution in [0.5, 0.6) is 0 Å². The molecule has 0 aliphatic rings. The van der Waals surface area contributed by atoms with Crippen LogP contribution in [0.15, 0.2) is 70.9 Å². The second-order valence-electron chi connectivity index (χ2n) is 6.78. The number of carbonyl (C=O) groups excluding carboxylic acids is 1. The predicted molar refractivity (Wildman–Crippen MR) is 117 cm³/mol. The fourth-order valence-corrected chi connectivity index (χ4v) is 5.56. The van der Waals surface area contributed by atoms with Crippen molar-refractivity contribution in [3.8, 4) is 11.1 Å². The van der Waals surface area contributed by atoms with Gasteiger partial charge >= 0.3 is 0 Å². The number of thiophene rings is 1. The number of nitrogens with one attached hydrogen (secondary N) is 2. The van der Waals surface area contributed by atoms with Gasteiger partial charge in [-0.05, 0) is 42.2 Å². The van der Waals surface area contributed by atoms with E-state index >= 15 is 0 Å². The second kappa shape index (κ2) is 9.35. The molecule has 0 saturated carbocycles. The first-order chi connectivity index (χ1) is 13.8. The van der Waals surface area contributed by atoms with E-state index in [1.54, 1.807) is 12.1 Å². The normalized spacial score (nSPS) is 12.5. The van der Waals surface area contributed by atoms with Crippen LogP contribution < -0.4 is 10.0 Å². The standard InChI is InChI=1S/C22H24N2O3S2/c1-16(18-8-10-20(11-9-18)19-6-4-3-5-7-19)24-29(26,27)22-13-12-21(28-22)14-15-23-17(2)25/h3-13,16,24H,14-15H2,1-2H3,(H,23,25). The zero-order chi connectivity index (χ0) is 20.9. The predicted octanol–water partition coefficient (Wildman–Crippen LogP) is 4.13. The van der Waals surface area contributed by atoms with Crippen molar-refractivity contribution in [2.45, 2.75) is 30.5 Å². The van der Waals surface area contributed by atoms with Gasteiger partial charge in [0.1, 0.15) is 4.21 Å². The molecule has 3 rings (SSSR count). The Morgan fingerprint density at radius 2 is 1.62 bits per heavy atom. The lowest BCUT2D eigenvalue weighted by atomic mass is 10.0. The number of hydrogen-bond acceptors (Lipinski definition) is 4. The molecular formula is C22H24N2O3S2. The van der Waals surface area contributed by atoms with E-state index in [1.165, 1.54) is 18.3 Å². The Morgan fingerprint density at radius 1 is 0.966 bits per heavy atom. The van der Waals surface area contributed by atoms with E-state index in [9.17, 15) is 13.2 Å². The molecule has 0 spiro atoms. The molecule has 0 aliphatic carbocycles. The van der Waals surface area contributed by atoms with Gasteiger partial charge in [-0.3, -0.25) is 4.79 Å². The molecule has 0 fully saturated rings. The third-order valence-electron chi connectivity index (χ3n) is 4.50. The molecule has 0 radical (unpaired) electrons. The van der Waals surface area contributed by atoms with Gasteiger partial charge in [0.2, 0.25) is 5.91 Å². The first-order valence-electron chi connectivity index (χ1n) is 9.36. The largest absolute Gasteiger partial charge is 0.356 e. The molecule has 2 N–H and O–H groups in total. The second-order valence-corrected chi connectivity index (χ2v) is 9.89. The molecule has 1 amide bonds. The van der Waals surface area contributed by atoms with Gasteiger partial charge in [0.15, 0.2) is 0 Å². The highest BCUT2D eigenvalue weighted by Crippen LogP contribution is 2.25. The summed E-state index contributed by atoms with van der Waals surface area (Å²) in [6, 6.07) is 21.0. The fourth-order valence-electron chi connectivity index (χ4n) is 2.95. The lowest BCUT2D eigenvalue weighted by Gasteiger charge is -2.14. The van der Waals surface area contributed by atoms with Crippen LogP contribution in [0.3, 0.4) is 0 Å². The molecular weight excluding hydrogens is 404 g/mol. The summed E-state index contributed by atoms with van der Waals surface area (Å²) in [5.41, 5.74) is 3.11. The minimum absolute atomic E-state index is 0.0943. The van der Waals surface area contributed by atoms with Crippen LogP contribution in [0.2, 0.25) is 0 Å². The maximum Gasteiger partial charge on any atom is 0.250 e. The van der Waals surface area contributed by atoms with Crippen molar-refractivity contribution in [3.05, 3.63) is 77.2 Å². The number of hydrogen-bond donors (Lipinski definition) is 2. The molecule has 3 aromatic rings. The van der Waals surface area contributed by atoms with Crippen LogP contribution in [0, 0.1) is 0 Å². The minimum Gasteiger partial charge on any atom is -0.356 e. The highest BCUT2D eigenvalue weighted by atomic mass is 32.2. The maximum atomic E-state index is 12.7. The Kier molecular flexibility index (Phi) is 6.84. The van der Waals surface area contributed by atoms with Crippen LogP contribution in [0.25, 0.3) is 11.1 Å². The SMILES string of the molecule is CC(=O)NCCc1ccc(S(=O)(=O)NC(C)c2ccc(-c3ccccc3)cc2)s1. The number of carbonyl (C=O) groups is 1. The highest BCUT2D eigenvalue weighted by molar-refractivity contribution is 7.91. The number of sulfonamides is 1. The van der Waals surface area contributed by atoms with E-state index in [4.69, 9.17) is 0 Å². The summed E-state index contributed by atoms with van der Waals surface area (Å²) < 4.78 is 28.5. The van der Waals surface area contributed by atoms with Gasteiger partial charge in [-0.2, -0.15) is 0 Å². The molecule has 0 bridgehead atoms. The first kappa shape index (κ1) is 21.2. The van der Waals surface area contributed by atoms with Crippen LogP contribution in [-0.2, 0) is 21.2 Å². The maximum absolute atomic E-state index is 12.7. The summed E-state index contributed by atoms with van der Waals surface area (Å²) in [4.78, 5) is 11.9. The van der Waals surface area contributed by atoms with Crippen molar-refractivity contribution in [1.29, 1.82) is 0 Å². The van der Waals surface area contributed by atoms with Crippen LogP contribution >= 0.6 is 11.3 Å². The monoisotopic (exact) mass is 428 g/mol. The van der Waals surface area contributed by atoms with E-state index in [0.29, 0.717) is 13.0 Å². The fraction of sp³-hybridized carbons (Fsp3) is 0.227. The Hall–Kier alpha value is -2.48. The van der Waals surface area contributed by atoms with Gasteiger partial charge in [-0.1, -0.05) is 54.6 Å². The van der Waals surface area contributed by atoms with Crippen molar-refractivity contribution in [1.82, 2.24) is 10.0 Å². The molecule has 29 heavy (non-hydrogen) atoms. The van der Waals surface area contributed by atoms with Crippen LogP contribution in [-0.4, -0.2) is 20.9 Å². The Labute approximate surface area is 175 Å². The topological polar surface area (TPSA) is 75.3 Å². The van der Waals surface area contributed by atoms with E-state index in [-0.39, 0.29) is 16.2 Å². The molecule has 7 heteroatoms. The summed E-state index contributed by atoms with van der Waals surface area (Å²) in [6.07, 6.45) is 0.607. The molecule has 1 unspecified atom stereocenters. The average Bonchev–Trinajstić information content (AvgIpc) is 3.18. The van der Waals surface area contributed by atoms with Crippen molar-refractivity contribution in [2.75, 3.05) is 6.54 Å². The number of rotatable bonds is 8. The highest BCUT2D eigenvalue weighted by Gasteiger charge is 2.20. The zero-order valence-electron chi connectivity index (χ0n) is 16.4. The molecule has 1 atom stereocenters. The molecule has 1 aromatic heterocycles. The van der Waals surface area contributed by atoms with Crippen molar-refractivity contribution in [2.24, 2.45) is 0 Å². The minimum atomic E-state index is -3.61. The Morgan fingerprint density at radius 3 is 2.28 bits per heavy atom. The quantitative estimate of drug-likeness (QED) is 0.566. The van der Waals surface area contributed by atoms with Gasteiger partial charge in [-0.25, -0.2) is 13.1 Å². The van der Waals surface area contributed by atoms with Gasteiger partial charge in [0.25, 0.3) is 10.0 Å². The van der Waals surface area contributed by atoms with E-state index in [2.05, 4.69) is 10.0 Å². The third-order valence-corrected chi connectivity index (χ3v) is 7.67. The van der Waals surface area contributed by atoms with Gasteiger partial charge in [0, 0.05) is 24.4 Å². The molecule has 0 aliphatic heterocycles. The molecule has 152 valence electrons. The summed E-state index contributed by atoms with van der Waals surface area (Å²) in [5, 5.41) is 2.71. The average molecular weight is 429 g/mol. The van der Waals surface area contributed by atoms with Crippen LogP contribution in [0.1, 0.15) is 30.3 Å². The van der Waals surface area contributed by atoms with Crippen molar-refractivity contribution >= 4 is 27.3 Å². The van der Waals surface area contributed by atoms with Crippen LogP contribution in [0.4, 0.5) is 0 Å². The molecule has 5 nitrogen and oxygen atoms in total. The number of amides is 1. The number of benzene rings is 2.